The van der Waals surface area contributed by atoms with E-state index in [0.717, 1.165) is 6.07 Å². The van der Waals surface area contributed by atoms with Crippen LogP contribution in [0.5, 0.6) is 5.75 Å². The monoisotopic (exact) mass is 225 g/mol. The van der Waals surface area contributed by atoms with Gasteiger partial charge in [0.15, 0.2) is 0 Å². The molecule has 0 aromatic heterocycles. The molecule has 0 amide bonds. The van der Waals surface area contributed by atoms with Gasteiger partial charge in [0, 0.05) is 5.56 Å². The number of para-hydroxylation sites is 1. The molecule has 1 atom stereocenters. The summed E-state index contributed by atoms with van der Waals surface area (Å²) in [7, 11) is 0. The Morgan fingerprint density at radius 3 is 2.43 bits per heavy atom. The molecule has 0 aliphatic carbocycles. The third kappa shape index (κ3) is 2.10. The van der Waals surface area contributed by atoms with Gasteiger partial charge < -0.3 is 10.8 Å². The lowest BCUT2D eigenvalue weighted by Gasteiger charge is -2.17. The van der Waals surface area contributed by atoms with Crippen molar-refractivity contribution in [1.29, 1.82) is 0 Å². The number of halogens is 4. The molecule has 0 heterocycles. The lowest BCUT2D eigenvalue weighted by molar-refractivity contribution is -0.149. The maximum absolute atomic E-state index is 12.2. The zero-order valence-corrected chi connectivity index (χ0v) is 7.60. The standard InChI is InChI=1S/C8H7ClF3NO/c9-5-3-1-2-4(6(5)14)7(13)8(10,11)12/h1-3,7,14H,13H2/t7-/m0/s1. The van der Waals surface area contributed by atoms with Gasteiger partial charge in [-0.3, -0.25) is 0 Å². The third-order valence-corrected chi connectivity index (χ3v) is 2.01. The van der Waals surface area contributed by atoms with Crippen molar-refractivity contribution >= 4 is 11.6 Å². The average molecular weight is 226 g/mol. The molecule has 1 rings (SSSR count). The molecule has 1 aromatic rings. The van der Waals surface area contributed by atoms with Crippen molar-refractivity contribution in [2.45, 2.75) is 12.2 Å². The molecule has 0 saturated heterocycles. The fourth-order valence-corrected chi connectivity index (χ4v) is 1.14. The van der Waals surface area contributed by atoms with Crippen LogP contribution in [0.3, 0.4) is 0 Å². The number of benzene rings is 1. The van der Waals surface area contributed by atoms with E-state index in [2.05, 4.69) is 0 Å². The van der Waals surface area contributed by atoms with Crippen LogP contribution in [0.2, 0.25) is 5.02 Å². The molecule has 0 radical (unpaired) electrons. The summed E-state index contributed by atoms with van der Waals surface area (Å²) < 4.78 is 36.5. The van der Waals surface area contributed by atoms with Gasteiger partial charge in [0.05, 0.1) is 5.02 Å². The number of hydrogen-bond donors (Lipinski definition) is 2. The molecule has 2 nitrogen and oxygen atoms in total. The van der Waals surface area contributed by atoms with Crippen LogP contribution in [0.15, 0.2) is 18.2 Å². The van der Waals surface area contributed by atoms with Crippen molar-refractivity contribution in [2.24, 2.45) is 5.73 Å². The second kappa shape index (κ2) is 3.67. The number of aromatic hydroxyl groups is 1. The molecule has 0 bridgehead atoms. The lowest BCUT2D eigenvalue weighted by Crippen LogP contribution is -2.28. The van der Waals surface area contributed by atoms with Crippen LogP contribution in [-0.4, -0.2) is 11.3 Å². The van der Waals surface area contributed by atoms with E-state index in [-0.39, 0.29) is 5.02 Å². The van der Waals surface area contributed by atoms with Gasteiger partial charge in [-0.05, 0) is 6.07 Å². The molecule has 0 saturated carbocycles. The molecule has 0 spiro atoms. The highest BCUT2D eigenvalue weighted by Crippen LogP contribution is 2.37. The Morgan fingerprint density at radius 2 is 1.93 bits per heavy atom. The van der Waals surface area contributed by atoms with Crippen molar-refractivity contribution in [3.63, 3.8) is 0 Å². The highest BCUT2D eigenvalue weighted by atomic mass is 35.5. The van der Waals surface area contributed by atoms with Crippen LogP contribution < -0.4 is 5.73 Å². The molecule has 0 unspecified atom stereocenters. The van der Waals surface area contributed by atoms with E-state index < -0.39 is 23.5 Å². The Bertz CT molecular complexity index is 340. The van der Waals surface area contributed by atoms with Gasteiger partial charge in [-0.15, -0.1) is 0 Å². The molecule has 0 fully saturated rings. The maximum Gasteiger partial charge on any atom is 0.407 e. The minimum atomic E-state index is -4.60. The Balaban J connectivity index is 3.14. The first-order valence-corrected chi connectivity index (χ1v) is 4.01. The first-order chi connectivity index (χ1) is 6.34. The summed E-state index contributed by atoms with van der Waals surface area (Å²) in [6.45, 7) is 0. The molecular formula is C8H7ClF3NO. The minimum absolute atomic E-state index is 0.151. The maximum atomic E-state index is 12.2. The first kappa shape index (κ1) is 11.1. The van der Waals surface area contributed by atoms with Gasteiger partial charge in [0.25, 0.3) is 0 Å². The summed E-state index contributed by atoms with van der Waals surface area (Å²) in [4.78, 5) is 0. The minimum Gasteiger partial charge on any atom is -0.506 e. The fourth-order valence-electron chi connectivity index (χ4n) is 0.959. The van der Waals surface area contributed by atoms with Crippen LogP contribution in [0.25, 0.3) is 0 Å². The smallest absolute Gasteiger partial charge is 0.407 e. The summed E-state index contributed by atoms with van der Waals surface area (Å²) in [5, 5.41) is 9.07. The van der Waals surface area contributed by atoms with Crippen molar-refractivity contribution in [2.75, 3.05) is 0 Å². The van der Waals surface area contributed by atoms with Gasteiger partial charge in [0.2, 0.25) is 0 Å². The summed E-state index contributed by atoms with van der Waals surface area (Å²) in [5.74, 6) is -0.626. The summed E-state index contributed by atoms with van der Waals surface area (Å²) in [6, 6.07) is 1.44. The van der Waals surface area contributed by atoms with Gasteiger partial charge in [-0.25, -0.2) is 0 Å². The number of phenols is 1. The normalized spacial score (nSPS) is 14.1. The second-order valence-corrected chi connectivity index (χ2v) is 3.10. The molecule has 78 valence electrons. The van der Waals surface area contributed by atoms with Crippen LogP contribution in [0.4, 0.5) is 13.2 Å². The van der Waals surface area contributed by atoms with E-state index in [1.807, 2.05) is 0 Å². The number of alkyl halides is 3. The highest BCUT2D eigenvalue weighted by Gasteiger charge is 2.39. The van der Waals surface area contributed by atoms with Crippen LogP contribution >= 0.6 is 11.6 Å². The number of nitrogens with two attached hydrogens (primary N) is 1. The van der Waals surface area contributed by atoms with Crippen LogP contribution in [0, 0.1) is 0 Å². The fraction of sp³-hybridized carbons (Fsp3) is 0.250. The quantitative estimate of drug-likeness (QED) is 0.772. The molecule has 3 N–H and O–H groups in total. The molecule has 1 aromatic carbocycles. The van der Waals surface area contributed by atoms with E-state index in [4.69, 9.17) is 17.3 Å². The highest BCUT2D eigenvalue weighted by molar-refractivity contribution is 6.32. The van der Waals surface area contributed by atoms with Crippen molar-refractivity contribution in [3.05, 3.63) is 28.8 Å². The van der Waals surface area contributed by atoms with Gasteiger partial charge in [-0.2, -0.15) is 13.2 Å². The van der Waals surface area contributed by atoms with Gasteiger partial charge in [-0.1, -0.05) is 23.7 Å². The number of phenolic OH excluding ortho intramolecular Hbond substituents is 1. The Labute approximate surface area is 83.1 Å². The van der Waals surface area contributed by atoms with Crippen LogP contribution in [-0.2, 0) is 0 Å². The van der Waals surface area contributed by atoms with E-state index in [0.29, 0.717) is 0 Å². The van der Waals surface area contributed by atoms with E-state index in [1.54, 1.807) is 0 Å². The first-order valence-electron chi connectivity index (χ1n) is 3.63. The molecule has 0 aliphatic heterocycles. The predicted octanol–water partition coefficient (Wildman–Crippen LogP) is 2.61. The summed E-state index contributed by atoms with van der Waals surface area (Å²) in [6.07, 6.45) is -4.60. The largest absolute Gasteiger partial charge is 0.506 e. The second-order valence-electron chi connectivity index (χ2n) is 2.70. The summed E-state index contributed by atoms with van der Waals surface area (Å²) >= 11 is 5.44. The average Bonchev–Trinajstić information content (AvgIpc) is 2.07. The topological polar surface area (TPSA) is 46.2 Å². The zero-order chi connectivity index (χ0) is 10.9. The molecular weight excluding hydrogens is 219 g/mol. The van der Waals surface area contributed by atoms with E-state index in [1.165, 1.54) is 12.1 Å². The van der Waals surface area contributed by atoms with E-state index >= 15 is 0 Å². The van der Waals surface area contributed by atoms with Crippen molar-refractivity contribution < 1.29 is 18.3 Å². The van der Waals surface area contributed by atoms with Gasteiger partial charge in [0.1, 0.15) is 11.8 Å². The lowest BCUT2D eigenvalue weighted by atomic mass is 10.1. The third-order valence-electron chi connectivity index (χ3n) is 1.71. The Morgan fingerprint density at radius 1 is 1.36 bits per heavy atom. The molecule has 0 aliphatic rings. The van der Waals surface area contributed by atoms with Gasteiger partial charge >= 0.3 is 6.18 Å². The SMILES string of the molecule is N[C@@H](c1cccc(Cl)c1O)C(F)(F)F. The van der Waals surface area contributed by atoms with Crippen LogP contribution in [0.1, 0.15) is 11.6 Å². The predicted molar refractivity (Wildman–Crippen MR) is 46.1 cm³/mol. The summed E-state index contributed by atoms with van der Waals surface area (Å²) in [5.41, 5.74) is 4.47. The van der Waals surface area contributed by atoms with Crippen molar-refractivity contribution in [3.8, 4) is 5.75 Å². The van der Waals surface area contributed by atoms with E-state index in [9.17, 15) is 18.3 Å². The Hall–Kier alpha value is -0.940. The number of rotatable bonds is 1. The Kier molecular flexibility index (Phi) is 2.92. The number of hydrogen-bond acceptors (Lipinski definition) is 2. The molecule has 6 heteroatoms. The zero-order valence-electron chi connectivity index (χ0n) is 6.85. The molecule has 14 heavy (non-hydrogen) atoms. The van der Waals surface area contributed by atoms with Crippen molar-refractivity contribution in [1.82, 2.24) is 0 Å².